The first-order chi connectivity index (χ1) is 17.0. The molecule has 0 spiro atoms. The minimum absolute atomic E-state index is 0.105. The summed E-state index contributed by atoms with van der Waals surface area (Å²) in [7, 11) is 0. The van der Waals surface area contributed by atoms with Crippen molar-refractivity contribution in [2.45, 2.75) is 32.5 Å². The normalized spacial score (nSPS) is 10.3. The van der Waals surface area contributed by atoms with Crippen LogP contribution in [0.3, 0.4) is 0 Å². The van der Waals surface area contributed by atoms with Crippen LogP contribution in [0, 0.1) is 0 Å². The van der Waals surface area contributed by atoms with Gasteiger partial charge in [0, 0.05) is 18.7 Å². The number of esters is 1. The molecule has 8 heteroatoms. The molecule has 0 saturated heterocycles. The van der Waals surface area contributed by atoms with E-state index in [1.165, 1.54) is 6.07 Å². The molecule has 0 aromatic heterocycles. The first kappa shape index (κ1) is 25.3. The van der Waals surface area contributed by atoms with Gasteiger partial charge in [-0.15, -0.1) is 0 Å². The highest BCUT2D eigenvalue weighted by molar-refractivity contribution is 5.96. The lowest BCUT2D eigenvalue weighted by atomic mass is 10.1. The molecule has 0 heterocycles. The van der Waals surface area contributed by atoms with Crippen molar-refractivity contribution in [3.8, 4) is 5.75 Å². The maximum atomic E-state index is 12.9. The van der Waals surface area contributed by atoms with Crippen LogP contribution in [0.2, 0.25) is 0 Å². The van der Waals surface area contributed by atoms with Crippen LogP contribution in [0.15, 0.2) is 78.9 Å². The molecule has 3 aromatic rings. The van der Waals surface area contributed by atoms with E-state index >= 15 is 0 Å². The Hall–Kier alpha value is -4.33. The first-order valence-electron chi connectivity index (χ1n) is 11.3. The molecule has 0 unspecified atom stereocenters. The second-order valence-electron chi connectivity index (χ2n) is 7.77. The molecule has 0 atom stereocenters. The Labute approximate surface area is 203 Å². The van der Waals surface area contributed by atoms with E-state index in [-0.39, 0.29) is 37.6 Å². The highest BCUT2D eigenvalue weighted by Crippen LogP contribution is 2.25. The fourth-order valence-corrected chi connectivity index (χ4v) is 3.25. The zero-order chi connectivity index (χ0) is 24.9. The van der Waals surface area contributed by atoms with E-state index in [4.69, 9.17) is 9.47 Å². The summed E-state index contributed by atoms with van der Waals surface area (Å²) in [6.45, 7) is 0.597. The highest BCUT2D eigenvalue weighted by Gasteiger charge is 2.17. The van der Waals surface area contributed by atoms with Gasteiger partial charge in [-0.05, 0) is 42.2 Å². The van der Waals surface area contributed by atoms with Crippen molar-refractivity contribution in [3.63, 3.8) is 0 Å². The predicted molar refractivity (Wildman–Crippen MR) is 129 cm³/mol. The quantitative estimate of drug-likeness (QED) is 0.305. The summed E-state index contributed by atoms with van der Waals surface area (Å²) in [5.74, 6) is -0.473. The average molecular weight is 476 g/mol. The van der Waals surface area contributed by atoms with Gasteiger partial charge in [-0.25, -0.2) is 4.79 Å². The minimum Gasteiger partial charge on any atom is -0.530 e. The number of carboxylic acid groups (broad SMARTS) is 1. The number of anilines is 1. The second-order valence-corrected chi connectivity index (χ2v) is 7.77. The third-order valence-corrected chi connectivity index (χ3v) is 5.03. The van der Waals surface area contributed by atoms with Gasteiger partial charge in [0.2, 0.25) is 5.91 Å². The number of ether oxygens (including phenoxy) is 2. The lowest BCUT2D eigenvalue weighted by molar-refractivity contribution is -0.250. The SMILES string of the molecule is O=C([O-])NCCCCC(=O)Nc1ccc(OCc2ccccc2)c(C(=O)OCc2ccccc2)c1. The van der Waals surface area contributed by atoms with Gasteiger partial charge < -0.3 is 30.0 Å². The van der Waals surface area contributed by atoms with E-state index in [1.54, 1.807) is 12.1 Å². The summed E-state index contributed by atoms with van der Waals surface area (Å²) in [6, 6.07) is 23.7. The largest absolute Gasteiger partial charge is 0.530 e. The Morgan fingerprint density at radius 3 is 2.11 bits per heavy atom. The summed E-state index contributed by atoms with van der Waals surface area (Å²) in [5.41, 5.74) is 2.43. The molecular weight excluding hydrogens is 448 g/mol. The maximum Gasteiger partial charge on any atom is 0.342 e. The van der Waals surface area contributed by atoms with Crippen LogP contribution in [0.25, 0.3) is 0 Å². The zero-order valence-electron chi connectivity index (χ0n) is 19.2. The molecule has 35 heavy (non-hydrogen) atoms. The summed E-state index contributed by atoms with van der Waals surface area (Å²) >= 11 is 0. The number of nitrogens with one attached hydrogen (secondary N) is 2. The number of unbranched alkanes of at least 4 members (excludes halogenated alkanes) is 1. The van der Waals surface area contributed by atoms with Crippen LogP contribution in [0.1, 0.15) is 40.7 Å². The van der Waals surface area contributed by atoms with E-state index in [0.29, 0.717) is 24.3 Å². The fourth-order valence-electron chi connectivity index (χ4n) is 3.25. The standard InChI is InChI=1S/C27H28N2O6/c30-25(13-7-8-16-28-27(32)33)29-22-14-15-24(34-18-20-9-3-1-4-10-20)23(17-22)26(31)35-19-21-11-5-2-6-12-21/h1-6,9-12,14-15,17,28H,7-8,13,16,18-19H2,(H,29,30)(H,32,33)/p-1. The molecule has 0 aliphatic rings. The molecule has 3 aromatic carbocycles. The molecule has 0 saturated carbocycles. The van der Waals surface area contributed by atoms with Crippen molar-refractivity contribution >= 4 is 23.7 Å². The molecule has 0 radical (unpaired) electrons. The number of benzene rings is 3. The number of hydrogen-bond donors (Lipinski definition) is 2. The van der Waals surface area contributed by atoms with Crippen LogP contribution < -0.4 is 20.5 Å². The molecule has 182 valence electrons. The lowest BCUT2D eigenvalue weighted by Crippen LogP contribution is -2.36. The van der Waals surface area contributed by atoms with Gasteiger partial charge in [0.1, 0.15) is 30.6 Å². The average Bonchev–Trinajstić information content (AvgIpc) is 2.87. The maximum absolute atomic E-state index is 12.9. The third-order valence-electron chi connectivity index (χ3n) is 5.03. The summed E-state index contributed by atoms with van der Waals surface area (Å²) in [6.07, 6.45) is -0.133. The second kappa shape index (κ2) is 13.4. The van der Waals surface area contributed by atoms with Gasteiger partial charge >= 0.3 is 5.97 Å². The van der Waals surface area contributed by atoms with Crippen molar-refractivity contribution in [2.75, 3.05) is 11.9 Å². The van der Waals surface area contributed by atoms with Crippen LogP contribution in [0.4, 0.5) is 10.5 Å². The van der Waals surface area contributed by atoms with Crippen molar-refractivity contribution < 1.29 is 29.0 Å². The van der Waals surface area contributed by atoms with Crippen LogP contribution in [-0.4, -0.2) is 24.5 Å². The highest BCUT2D eigenvalue weighted by atomic mass is 16.5. The molecule has 3 rings (SSSR count). The molecule has 8 nitrogen and oxygen atoms in total. The van der Waals surface area contributed by atoms with Crippen molar-refractivity contribution in [3.05, 3.63) is 95.6 Å². The van der Waals surface area contributed by atoms with Crippen molar-refractivity contribution in [1.29, 1.82) is 0 Å². The van der Waals surface area contributed by atoms with E-state index in [2.05, 4.69) is 10.6 Å². The first-order valence-corrected chi connectivity index (χ1v) is 11.3. The molecule has 2 N–H and O–H groups in total. The molecule has 0 bridgehead atoms. The third kappa shape index (κ3) is 8.85. The zero-order valence-corrected chi connectivity index (χ0v) is 19.2. The van der Waals surface area contributed by atoms with E-state index in [9.17, 15) is 19.5 Å². The van der Waals surface area contributed by atoms with E-state index in [1.807, 2.05) is 60.7 Å². The van der Waals surface area contributed by atoms with Gasteiger partial charge in [-0.2, -0.15) is 0 Å². The van der Waals surface area contributed by atoms with Crippen LogP contribution >= 0.6 is 0 Å². The van der Waals surface area contributed by atoms with Crippen molar-refractivity contribution in [2.24, 2.45) is 0 Å². The van der Waals surface area contributed by atoms with Gasteiger partial charge in [-0.1, -0.05) is 60.7 Å². The molecule has 0 aliphatic carbocycles. The Morgan fingerprint density at radius 1 is 0.800 bits per heavy atom. The lowest BCUT2D eigenvalue weighted by Gasteiger charge is -2.14. The number of hydrogen-bond acceptors (Lipinski definition) is 6. The number of carbonyl (C=O) groups excluding carboxylic acids is 3. The summed E-state index contributed by atoms with van der Waals surface area (Å²) in [5, 5.41) is 15.3. The smallest absolute Gasteiger partial charge is 0.342 e. The van der Waals surface area contributed by atoms with Crippen LogP contribution in [-0.2, 0) is 22.7 Å². The Morgan fingerprint density at radius 2 is 1.46 bits per heavy atom. The van der Waals surface area contributed by atoms with Gasteiger partial charge in [0.15, 0.2) is 0 Å². The number of rotatable bonds is 12. The number of amides is 2. The monoisotopic (exact) mass is 475 g/mol. The Kier molecular flexibility index (Phi) is 9.68. The topological polar surface area (TPSA) is 117 Å². The molecule has 2 amide bonds. The summed E-state index contributed by atoms with van der Waals surface area (Å²) in [4.78, 5) is 35.6. The molecular formula is C27H27N2O6-. The fraction of sp³-hybridized carbons (Fsp3) is 0.222. The van der Waals surface area contributed by atoms with Crippen molar-refractivity contribution in [1.82, 2.24) is 5.32 Å². The van der Waals surface area contributed by atoms with Gasteiger partial charge in [0.25, 0.3) is 0 Å². The Balaban J connectivity index is 1.66. The van der Waals surface area contributed by atoms with Gasteiger partial charge in [-0.3, -0.25) is 4.79 Å². The van der Waals surface area contributed by atoms with E-state index < -0.39 is 12.1 Å². The summed E-state index contributed by atoms with van der Waals surface area (Å²) < 4.78 is 11.4. The van der Waals surface area contributed by atoms with Gasteiger partial charge in [0.05, 0.1) is 0 Å². The number of carbonyl (C=O) groups is 3. The Bertz CT molecular complexity index is 1120. The van der Waals surface area contributed by atoms with Crippen LogP contribution in [0.5, 0.6) is 5.75 Å². The molecule has 0 fully saturated rings. The molecule has 0 aliphatic heterocycles. The van der Waals surface area contributed by atoms with E-state index in [0.717, 1.165) is 11.1 Å². The predicted octanol–water partition coefficient (Wildman–Crippen LogP) is 3.66. The minimum atomic E-state index is -1.34.